The maximum Gasteiger partial charge on any atom is 0.227 e. The number of aromatic nitrogens is 2. The molecular weight excluding hydrogens is 503 g/mol. The molecule has 1 aliphatic rings. The molecule has 1 saturated heterocycles. The van der Waals surface area contributed by atoms with Gasteiger partial charge in [0.05, 0.1) is 36.3 Å². The Labute approximate surface area is 216 Å². The number of nitrogens with zero attached hydrogens (tertiary/aromatic N) is 3. The highest BCUT2D eigenvalue weighted by Crippen LogP contribution is 2.36. The lowest BCUT2D eigenvalue weighted by Crippen LogP contribution is -2.44. The zero-order valence-corrected chi connectivity index (χ0v) is 21.1. The van der Waals surface area contributed by atoms with Crippen LogP contribution in [-0.2, 0) is 11.2 Å². The molecular formula is C26H24ClFN4O3S. The number of nitrogens with one attached hydrogen (secondary N) is 1. The number of methoxy groups -OCH3 is 1. The predicted molar refractivity (Wildman–Crippen MR) is 139 cm³/mol. The van der Waals surface area contributed by atoms with Gasteiger partial charge in [0.2, 0.25) is 5.91 Å². The molecule has 5 rings (SSSR count). The molecule has 1 unspecified atom stereocenters. The molecule has 10 heteroatoms. The Morgan fingerprint density at radius 2 is 2.14 bits per heavy atom. The highest BCUT2D eigenvalue weighted by atomic mass is 35.5. The van der Waals surface area contributed by atoms with Gasteiger partial charge in [-0.05, 0) is 42.5 Å². The van der Waals surface area contributed by atoms with E-state index in [1.165, 1.54) is 12.4 Å². The van der Waals surface area contributed by atoms with E-state index in [1.807, 2.05) is 22.4 Å². The van der Waals surface area contributed by atoms with E-state index in [0.29, 0.717) is 47.7 Å². The first kappa shape index (κ1) is 24.3. The van der Waals surface area contributed by atoms with Crippen LogP contribution in [0.5, 0.6) is 11.5 Å². The molecule has 36 heavy (non-hydrogen) atoms. The minimum absolute atomic E-state index is 0.0135. The van der Waals surface area contributed by atoms with Crippen LogP contribution in [0.25, 0.3) is 10.9 Å². The second kappa shape index (κ2) is 10.7. The Bertz CT molecular complexity index is 1390. The lowest BCUT2D eigenvalue weighted by atomic mass is 10.1. The van der Waals surface area contributed by atoms with Gasteiger partial charge in [0.15, 0.2) is 17.3 Å². The maximum atomic E-state index is 14.5. The van der Waals surface area contributed by atoms with Crippen molar-refractivity contribution in [3.63, 3.8) is 0 Å². The van der Waals surface area contributed by atoms with E-state index >= 15 is 0 Å². The summed E-state index contributed by atoms with van der Waals surface area (Å²) in [6.45, 7) is 1.21. The van der Waals surface area contributed by atoms with Crippen molar-refractivity contribution in [1.29, 1.82) is 0 Å². The van der Waals surface area contributed by atoms with Gasteiger partial charge in [-0.1, -0.05) is 23.7 Å². The Kier molecular flexibility index (Phi) is 7.20. The maximum absolute atomic E-state index is 14.5. The van der Waals surface area contributed by atoms with Crippen molar-refractivity contribution < 1.29 is 18.7 Å². The van der Waals surface area contributed by atoms with E-state index in [-0.39, 0.29) is 22.7 Å². The monoisotopic (exact) mass is 526 g/mol. The molecule has 186 valence electrons. The number of piperidine rings is 1. The van der Waals surface area contributed by atoms with E-state index in [1.54, 1.807) is 42.7 Å². The fraction of sp³-hybridized carbons (Fsp3) is 0.269. The summed E-state index contributed by atoms with van der Waals surface area (Å²) in [7, 11) is 1.56. The normalized spacial score (nSPS) is 15.6. The molecule has 4 aromatic rings. The number of fused-ring (bicyclic) bond motifs is 1. The molecule has 3 heterocycles. The van der Waals surface area contributed by atoms with Crippen LogP contribution in [0.4, 0.5) is 15.9 Å². The van der Waals surface area contributed by atoms with Gasteiger partial charge in [-0.25, -0.2) is 14.4 Å². The van der Waals surface area contributed by atoms with Crippen molar-refractivity contribution >= 4 is 51.3 Å². The molecule has 1 amide bonds. The Morgan fingerprint density at radius 1 is 1.25 bits per heavy atom. The zero-order chi connectivity index (χ0) is 25.1. The standard InChI is InChI=1S/C26H24ClFN4O3S/c1-34-22-13-21-18(26(30-15-29-21)31-20-8-2-7-19(27)25(20)28)12-23(22)35-16-5-3-9-32(14-16)24(33)11-17-6-4-10-36-17/h2,4,6-8,10,12-13,15-16H,3,5,9,11,14H2,1H3,(H,29,30,31). The van der Waals surface area contributed by atoms with Crippen LogP contribution < -0.4 is 14.8 Å². The van der Waals surface area contributed by atoms with Crippen LogP contribution in [-0.4, -0.2) is 47.1 Å². The van der Waals surface area contributed by atoms with Crippen molar-refractivity contribution in [1.82, 2.24) is 14.9 Å². The Morgan fingerprint density at radius 3 is 2.94 bits per heavy atom. The average molecular weight is 527 g/mol. The summed E-state index contributed by atoms with van der Waals surface area (Å²) < 4.78 is 26.4. The number of rotatable bonds is 7. The average Bonchev–Trinajstić information content (AvgIpc) is 3.40. The number of ether oxygens (including phenoxy) is 2. The van der Waals surface area contributed by atoms with Crippen LogP contribution in [0.15, 0.2) is 54.2 Å². The van der Waals surface area contributed by atoms with Crippen LogP contribution in [0.2, 0.25) is 5.02 Å². The summed E-state index contributed by atoms with van der Waals surface area (Å²) in [5.74, 6) is 0.963. The van der Waals surface area contributed by atoms with Gasteiger partial charge in [0.1, 0.15) is 18.2 Å². The fourth-order valence-corrected chi connectivity index (χ4v) is 5.13. The minimum Gasteiger partial charge on any atom is -0.493 e. The second-order valence-electron chi connectivity index (χ2n) is 8.45. The van der Waals surface area contributed by atoms with Crippen molar-refractivity contribution in [2.45, 2.75) is 25.4 Å². The van der Waals surface area contributed by atoms with Gasteiger partial charge in [-0.3, -0.25) is 4.79 Å². The summed E-state index contributed by atoms with van der Waals surface area (Å²) in [5, 5.41) is 5.63. The largest absolute Gasteiger partial charge is 0.493 e. The Balaban J connectivity index is 1.39. The first-order valence-corrected chi connectivity index (χ1v) is 12.8. The highest BCUT2D eigenvalue weighted by molar-refractivity contribution is 7.10. The molecule has 2 aromatic heterocycles. The molecule has 0 radical (unpaired) electrons. The first-order chi connectivity index (χ1) is 17.5. The van der Waals surface area contributed by atoms with Crippen molar-refractivity contribution in [2.75, 3.05) is 25.5 Å². The third-order valence-electron chi connectivity index (χ3n) is 6.06. The van der Waals surface area contributed by atoms with E-state index < -0.39 is 5.82 Å². The molecule has 0 bridgehead atoms. The fourth-order valence-electron chi connectivity index (χ4n) is 4.26. The number of halogens is 2. The lowest BCUT2D eigenvalue weighted by Gasteiger charge is -2.33. The molecule has 1 atom stereocenters. The predicted octanol–water partition coefficient (Wildman–Crippen LogP) is 5.85. The number of amides is 1. The molecule has 7 nitrogen and oxygen atoms in total. The quantitative estimate of drug-likeness (QED) is 0.325. The first-order valence-electron chi connectivity index (χ1n) is 11.5. The number of likely N-dealkylation sites (tertiary alicyclic amines) is 1. The highest BCUT2D eigenvalue weighted by Gasteiger charge is 2.26. The van der Waals surface area contributed by atoms with Gasteiger partial charge in [0.25, 0.3) is 0 Å². The van der Waals surface area contributed by atoms with Gasteiger partial charge < -0.3 is 19.7 Å². The molecule has 0 saturated carbocycles. The van der Waals surface area contributed by atoms with Crippen LogP contribution in [0.1, 0.15) is 17.7 Å². The SMILES string of the molecule is COc1cc2ncnc(Nc3cccc(Cl)c3F)c2cc1OC1CCCN(C(=O)Cc2cccs2)C1. The number of anilines is 2. The smallest absolute Gasteiger partial charge is 0.227 e. The molecule has 2 aromatic carbocycles. The van der Waals surface area contributed by atoms with Gasteiger partial charge in [0, 0.05) is 22.9 Å². The summed E-state index contributed by atoms with van der Waals surface area (Å²) in [6.07, 6.45) is 3.26. The van der Waals surface area contributed by atoms with E-state index in [2.05, 4.69) is 15.3 Å². The van der Waals surface area contributed by atoms with E-state index in [4.69, 9.17) is 21.1 Å². The summed E-state index contributed by atoms with van der Waals surface area (Å²) in [5.41, 5.74) is 0.809. The third kappa shape index (κ3) is 5.22. The second-order valence-corrected chi connectivity index (χ2v) is 9.89. The molecule has 0 aliphatic carbocycles. The van der Waals surface area contributed by atoms with Gasteiger partial charge in [-0.2, -0.15) is 0 Å². The summed E-state index contributed by atoms with van der Waals surface area (Å²) in [6, 6.07) is 12.2. The van der Waals surface area contributed by atoms with Crippen molar-refractivity contribution in [2.24, 2.45) is 0 Å². The number of benzene rings is 2. The van der Waals surface area contributed by atoms with E-state index in [9.17, 15) is 9.18 Å². The van der Waals surface area contributed by atoms with Crippen molar-refractivity contribution in [3.05, 3.63) is 69.9 Å². The van der Waals surface area contributed by atoms with Crippen LogP contribution >= 0.6 is 22.9 Å². The third-order valence-corrected chi connectivity index (χ3v) is 7.22. The van der Waals surface area contributed by atoms with Crippen molar-refractivity contribution in [3.8, 4) is 11.5 Å². The summed E-state index contributed by atoms with van der Waals surface area (Å²) in [4.78, 5) is 24.4. The van der Waals surface area contributed by atoms with E-state index in [0.717, 1.165) is 17.7 Å². The molecule has 0 spiro atoms. The minimum atomic E-state index is -0.564. The zero-order valence-electron chi connectivity index (χ0n) is 19.5. The topological polar surface area (TPSA) is 76.6 Å². The Hall–Kier alpha value is -3.43. The van der Waals surface area contributed by atoms with Crippen LogP contribution in [0.3, 0.4) is 0 Å². The number of carbonyl (C=O) groups is 1. The van der Waals surface area contributed by atoms with Gasteiger partial charge in [-0.15, -0.1) is 11.3 Å². The molecule has 1 fully saturated rings. The lowest BCUT2D eigenvalue weighted by molar-refractivity contribution is -0.133. The molecule has 1 aliphatic heterocycles. The van der Waals surface area contributed by atoms with Crippen LogP contribution in [0, 0.1) is 5.82 Å². The number of carbonyl (C=O) groups excluding carboxylic acids is 1. The number of thiophene rings is 1. The number of hydrogen-bond acceptors (Lipinski definition) is 7. The molecule has 1 N–H and O–H groups in total. The summed E-state index contributed by atoms with van der Waals surface area (Å²) >= 11 is 7.52. The van der Waals surface area contributed by atoms with Gasteiger partial charge >= 0.3 is 0 Å². The number of hydrogen-bond donors (Lipinski definition) is 1.